The van der Waals surface area contributed by atoms with E-state index in [1.54, 1.807) is 18.2 Å². The van der Waals surface area contributed by atoms with Gasteiger partial charge in [0.2, 0.25) is 0 Å². The van der Waals surface area contributed by atoms with Crippen LogP contribution in [0.4, 0.5) is 9.52 Å². The van der Waals surface area contributed by atoms with Gasteiger partial charge in [0.1, 0.15) is 11.6 Å². The maximum absolute atomic E-state index is 13.5. The molecule has 0 aliphatic carbocycles. The van der Waals surface area contributed by atoms with E-state index in [4.69, 9.17) is 4.98 Å². The Bertz CT molecular complexity index is 1510. The third-order valence-electron chi connectivity index (χ3n) is 5.75. The number of hydrogen-bond acceptors (Lipinski definition) is 5. The summed E-state index contributed by atoms with van der Waals surface area (Å²) in [5.74, 6) is -2.43. The lowest BCUT2D eigenvalue weighted by Crippen LogP contribution is -2.29. The molecule has 0 radical (unpaired) electrons. The lowest BCUT2D eigenvalue weighted by molar-refractivity contribution is -0.132. The summed E-state index contributed by atoms with van der Waals surface area (Å²) in [4.78, 5) is 32.6. The first-order valence-electron chi connectivity index (χ1n) is 10.4. The smallest absolute Gasteiger partial charge is 0.301 e. The van der Waals surface area contributed by atoms with Crippen LogP contribution in [-0.4, -0.2) is 21.8 Å². The van der Waals surface area contributed by atoms with Crippen molar-refractivity contribution < 1.29 is 19.1 Å². The van der Waals surface area contributed by atoms with Gasteiger partial charge >= 0.3 is 5.91 Å². The maximum atomic E-state index is 13.5. The van der Waals surface area contributed by atoms with Gasteiger partial charge in [0, 0.05) is 10.0 Å². The number of thiazole rings is 1. The van der Waals surface area contributed by atoms with E-state index < -0.39 is 23.5 Å². The fourth-order valence-corrected chi connectivity index (χ4v) is 5.83. The average Bonchev–Trinajstić information content (AvgIpc) is 3.33. The van der Waals surface area contributed by atoms with E-state index in [0.717, 1.165) is 25.8 Å². The number of aromatic nitrogens is 1. The van der Waals surface area contributed by atoms with Gasteiger partial charge in [-0.25, -0.2) is 9.37 Å². The number of aliphatic hydroxyl groups is 1. The number of fused-ring (bicyclic) bond motifs is 1. The first-order chi connectivity index (χ1) is 16.2. The standard InChI is InChI=1S/C26H18BrFN2O3S/c1-13-10-14(2)21-19(11-13)34-26(29-21)30-22(16-4-3-5-17(27)12-16)20(24(32)25(30)33)23(31)15-6-8-18(28)9-7-15/h3-12,22,31H,1-2H3. The highest BCUT2D eigenvalue weighted by Gasteiger charge is 2.48. The number of nitrogens with zero attached hydrogens (tertiary/aromatic N) is 2. The molecule has 0 bridgehead atoms. The summed E-state index contributed by atoms with van der Waals surface area (Å²) in [6.45, 7) is 3.94. The first kappa shape index (κ1) is 22.4. The number of aryl methyl sites for hydroxylation is 2. The van der Waals surface area contributed by atoms with Crippen LogP contribution in [0.25, 0.3) is 16.0 Å². The molecule has 170 valence electrons. The molecule has 1 aliphatic rings. The lowest BCUT2D eigenvalue weighted by atomic mass is 9.95. The summed E-state index contributed by atoms with van der Waals surface area (Å²) in [6.07, 6.45) is 0. The number of ketones is 1. The molecule has 0 spiro atoms. The molecule has 4 aromatic rings. The van der Waals surface area contributed by atoms with Crippen molar-refractivity contribution in [1.29, 1.82) is 0 Å². The van der Waals surface area contributed by atoms with Gasteiger partial charge in [0.15, 0.2) is 5.13 Å². The van der Waals surface area contributed by atoms with Crippen LogP contribution in [0.2, 0.25) is 0 Å². The fourth-order valence-electron chi connectivity index (χ4n) is 4.25. The van der Waals surface area contributed by atoms with Gasteiger partial charge in [0.25, 0.3) is 5.78 Å². The quantitative estimate of drug-likeness (QED) is 0.186. The van der Waals surface area contributed by atoms with Crippen LogP contribution in [0.1, 0.15) is 28.3 Å². The third kappa shape index (κ3) is 3.73. The summed E-state index contributed by atoms with van der Waals surface area (Å²) in [5, 5.41) is 11.5. The van der Waals surface area contributed by atoms with Gasteiger partial charge in [-0.2, -0.15) is 0 Å². The predicted octanol–water partition coefficient (Wildman–Crippen LogP) is 6.44. The Morgan fingerprint density at radius 3 is 2.53 bits per heavy atom. The van der Waals surface area contributed by atoms with Gasteiger partial charge in [-0.05, 0) is 73.0 Å². The number of anilines is 1. The molecule has 0 saturated carbocycles. The molecular weight excluding hydrogens is 519 g/mol. The largest absolute Gasteiger partial charge is 0.507 e. The average molecular weight is 537 g/mol. The second-order valence-electron chi connectivity index (χ2n) is 8.16. The summed E-state index contributed by atoms with van der Waals surface area (Å²) < 4.78 is 15.1. The number of benzene rings is 3. The molecule has 5 rings (SSSR count). The molecule has 5 nitrogen and oxygen atoms in total. The van der Waals surface area contributed by atoms with E-state index >= 15 is 0 Å². The molecule has 1 aliphatic heterocycles. The number of amides is 1. The van der Waals surface area contributed by atoms with E-state index in [-0.39, 0.29) is 16.9 Å². The van der Waals surface area contributed by atoms with E-state index in [1.165, 1.54) is 40.5 Å². The van der Waals surface area contributed by atoms with Gasteiger partial charge in [0.05, 0.1) is 21.8 Å². The Balaban J connectivity index is 1.75. The molecule has 1 atom stereocenters. The summed E-state index contributed by atoms with van der Waals surface area (Å²) in [5.41, 5.74) is 3.61. The Morgan fingerprint density at radius 2 is 1.82 bits per heavy atom. The van der Waals surface area contributed by atoms with Crippen molar-refractivity contribution in [2.45, 2.75) is 19.9 Å². The third-order valence-corrected chi connectivity index (χ3v) is 7.25. The highest BCUT2D eigenvalue weighted by molar-refractivity contribution is 9.10. The molecule has 1 unspecified atom stereocenters. The van der Waals surface area contributed by atoms with E-state index in [0.29, 0.717) is 10.7 Å². The minimum atomic E-state index is -0.899. The second kappa shape index (κ2) is 8.45. The molecule has 1 N–H and O–H groups in total. The summed E-state index contributed by atoms with van der Waals surface area (Å²) in [7, 11) is 0. The van der Waals surface area contributed by atoms with E-state index in [1.807, 2.05) is 32.0 Å². The van der Waals surface area contributed by atoms with Crippen molar-refractivity contribution in [3.63, 3.8) is 0 Å². The van der Waals surface area contributed by atoms with Crippen LogP contribution < -0.4 is 4.90 Å². The molecule has 34 heavy (non-hydrogen) atoms. The van der Waals surface area contributed by atoms with Crippen LogP contribution in [0.3, 0.4) is 0 Å². The highest BCUT2D eigenvalue weighted by Crippen LogP contribution is 2.45. The topological polar surface area (TPSA) is 70.5 Å². The van der Waals surface area contributed by atoms with Crippen LogP contribution >= 0.6 is 27.3 Å². The molecule has 1 aromatic heterocycles. The van der Waals surface area contributed by atoms with Gasteiger partial charge in [-0.15, -0.1) is 0 Å². The van der Waals surface area contributed by atoms with Crippen molar-refractivity contribution in [3.05, 3.63) is 98.8 Å². The van der Waals surface area contributed by atoms with Crippen LogP contribution in [0.5, 0.6) is 0 Å². The molecular formula is C26H18BrFN2O3S. The highest BCUT2D eigenvalue weighted by atomic mass is 79.9. The first-order valence-corrected chi connectivity index (χ1v) is 12.1. The second-order valence-corrected chi connectivity index (χ2v) is 10.1. The van der Waals surface area contributed by atoms with Crippen molar-refractivity contribution in [2.75, 3.05) is 4.90 Å². The minimum absolute atomic E-state index is 0.0677. The maximum Gasteiger partial charge on any atom is 0.301 e. The number of hydrogen-bond donors (Lipinski definition) is 1. The summed E-state index contributed by atoms with van der Waals surface area (Å²) >= 11 is 4.77. The van der Waals surface area contributed by atoms with Crippen molar-refractivity contribution in [1.82, 2.24) is 4.98 Å². The monoisotopic (exact) mass is 536 g/mol. The fraction of sp³-hybridized carbons (Fsp3) is 0.115. The predicted molar refractivity (Wildman–Crippen MR) is 134 cm³/mol. The molecule has 2 heterocycles. The Labute approximate surface area is 207 Å². The zero-order chi connectivity index (χ0) is 24.1. The Morgan fingerprint density at radius 1 is 1.09 bits per heavy atom. The number of Topliss-reactive ketones (excluding diaryl/α,β-unsaturated/α-hetero) is 1. The zero-order valence-electron chi connectivity index (χ0n) is 18.2. The SMILES string of the molecule is Cc1cc(C)c2nc(N3C(=O)C(=O)C(=C(O)c4ccc(F)cc4)C3c3cccc(Br)c3)sc2c1. The van der Waals surface area contributed by atoms with Crippen molar-refractivity contribution in [2.24, 2.45) is 0 Å². The van der Waals surface area contributed by atoms with Gasteiger partial charge < -0.3 is 5.11 Å². The molecule has 3 aromatic carbocycles. The number of rotatable bonds is 3. The number of halogens is 2. The Hall–Kier alpha value is -3.36. The van der Waals surface area contributed by atoms with Crippen LogP contribution in [0, 0.1) is 19.7 Å². The van der Waals surface area contributed by atoms with Gasteiger partial charge in [-0.3, -0.25) is 14.5 Å². The van der Waals surface area contributed by atoms with E-state index in [9.17, 15) is 19.1 Å². The Kier molecular flexibility index (Phi) is 5.58. The molecule has 1 amide bonds. The van der Waals surface area contributed by atoms with Crippen molar-refractivity contribution >= 4 is 60.1 Å². The van der Waals surface area contributed by atoms with E-state index in [2.05, 4.69) is 15.9 Å². The normalized spacial score (nSPS) is 17.6. The number of aliphatic hydroxyl groups excluding tert-OH is 1. The molecule has 8 heteroatoms. The minimum Gasteiger partial charge on any atom is -0.507 e. The molecule has 1 fully saturated rings. The van der Waals surface area contributed by atoms with Crippen LogP contribution in [0.15, 0.2) is 70.7 Å². The number of carbonyl (C=O) groups is 2. The van der Waals surface area contributed by atoms with Crippen LogP contribution in [-0.2, 0) is 9.59 Å². The molecule has 1 saturated heterocycles. The van der Waals surface area contributed by atoms with Crippen molar-refractivity contribution in [3.8, 4) is 0 Å². The van der Waals surface area contributed by atoms with Gasteiger partial charge in [-0.1, -0.05) is 45.5 Å². The summed E-state index contributed by atoms with van der Waals surface area (Å²) in [6, 6.07) is 15.5. The lowest BCUT2D eigenvalue weighted by Gasteiger charge is -2.23. The number of carbonyl (C=O) groups excluding carboxylic acids is 2. The zero-order valence-corrected chi connectivity index (χ0v) is 20.6.